The van der Waals surface area contributed by atoms with Gasteiger partial charge in [0.15, 0.2) is 0 Å². The molecule has 0 radical (unpaired) electrons. The SMILES string of the molecule is O=C(O)C=CC=CC=Cc1ccc2c(c1)CCCC2. The van der Waals surface area contributed by atoms with Crippen LogP contribution < -0.4 is 0 Å². The Morgan fingerprint density at radius 3 is 2.53 bits per heavy atom. The molecule has 1 aliphatic rings. The number of hydrogen-bond donors (Lipinski definition) is 1. The Labute approximate surface area is 113 Å². The molecule has 0 amide bonds. The molecule has 1 aromatic rings. The first-order valence-electron chi connectivity index (χ1n) is 6.62. The highest BCUT2D eigenvalue weighted by Crippen LogP contribution is 2.22. The van der Waals surface area contributed by atoms with E-state index in [-0.39, 0.29) is 0 Å². The van der Waals surface area contributed by atoms with E-state index < -0.39 is 5.97 Å². The van der Waals surface area contributed by atoms with Gasteiger partial charge in [0.1, 0.15) is 0 Å². The molecule has 1 N–H and O–H groups in total. The normalized spacial score (nSPS) is 15.4. The van der Waals surface area contributed by atoms with Gasteiger partial charge in [-0.15, -0.1) is 0 Å². The molecular formula is C17H18O2. The fourth-order valence-electron chi connectivity index (χ4n) is 2.29. The van der Waals surface area contributed by atoms with Crippen molar-refractivity contribution in [3.05, 3.63) is 65.3 Å². The second kappa shape index (κ2) is 6.74. The van der Waals surface area contributed by atoms with Gasteiger partial charge < -0.3 is 5.11 Å². The second-order valence-corrected chi connectivity index (χ2v) is 4.68. The lowest BCUT2D eigenvalue weighted by molar-refractivity contribution is -0.131. The molecule has 2 heteroatoms. The molecule has 19 heavy (non-hydrogen) atoms. The number of allylic oxidation sites excluding steroid dienone is 4. The van der Waals surface area contributed by atoms with Crippen molar-refractivity contribution in [2.24, 2.45) is 0 Å². The molecule has 0 fully saturated rings. The summed E-state index contributed by atoms with van der Waals surface area (Å²) in [6.45, 7) is 0. The Balaban J connectivity index is 1.97. The van der Waals surface area contributed by atoms with E-state index in [1.807, 2.05) is 18.2 Å². The Kier molecular flexibility index (Phi) is 4.73. The fraction of sp³-hybridized carbons (Fsp3) is 0.235. The van der Waals surface area contributed by atoms with Crippen LogP contribution >= 0.6 is 0 Å². The van der Waals surface area contributed by atoms with Crippen LogP contribution in [0.1, 0.15) is 29.5 Å². The zero-order chi connectivity index (χ0) is 13.5. The van der Waals surface area contributed by atoms with Crippen molar-refractivity contribution in [2.75, 3.05) is 0 Å². The summed E-state index contributed by atoms with van der Waals surface area (Å²) in [4.78, 5) is 10.3. The van der Waals surface area contributed by atoms with Crippen LogP contribution in [0.3, 0.4) is 0 Å². The van der Waals surface area contributed by atoms with Crippen LogP contribution in [0, 0.1) is 0 Å². The second-order valence-electron chi connectivity index (χ2n) is 4.68. The Hall–Kier alpha value is -2.09. The van der Waals surface area contributed by atoms with Crippen molar-refractivity contribution in [2.45, 2.75) is 25.7 Å². The summed E-state index contributed by atoms with van der Waals surface area (Å²) < 4.78 is 0. The topological polar surface area (TPSA) is 37.3 Å². The molecule has 0 unspecified atom stereocenters. The number of carboxylic acid groups (broad SMARTS) is 1. The van der Waals surface area contributed by atoms with Crippen molar-refractivity contribution >= 4 is 12.0 Å². The molecule has 0 aromatic heterocycles. The number of hydrogen-bond acceptors (Lipinski definition) is 1. The van der Waals surface area contributed by atoms with E-state index in [1.165, 1.54) is 48.4 Å². The third-order valence-corrected chi connectivity index (χ3v) is 3.23. The van der Waals surface area contributed by atoms with Gasteiger partial charge in [0.2, 0.25) is 0 Å². The lowest BCUT2D eigenvalue weighted by Gasteiger charge is -2.15. The lowest BCUT2D eigenvalue weighted by atomic mass is 9.90. The van der Waals surface area contributed by atoms with Gasteiger partial charge in [-0.25, -0.2) is 4.79 Å². The first-order chi connectivity index (χ1) is 9.25. The maximum Gasteiger partial charge on any atom is 0.328 e. The van der Waals surface area contributed by atoms with Crippen LogP contribution in [0.15, 0.2) is 48.6 Å². The molecule has 98 valence electrons. The molecule has 0 spiro atoms. The Morgan fingerprint density at radius 2 is 1.74 bits per heavy atom. The van der Waals surface area contributed by atoms with E-state index in [0.717, 1.165) is 6.08 Å². The number of fused-ring (bicyclic) bond motifs is 1. The number of carboxylic acids is 1. The summed E-state index contributed by atoms with van der Waals surface area (Å²) >= 11 is 0. The fourth-order valence-corrected chi connectivity index (χ4v) is 2.29. The molecular weight excluding hydrogens is 236 g/mol. The molecule has 1 aliphatic carbocycles. The van der Waals surface area contributed by atoms with Gasteiger partial charge in [-0.2, -0.15) is 0 Å². The first kappa shape index (κ1) is 13.3. The highest BCUT2D eigenvalue weighted by molar-refractivity contribution is 5.80. The monoisotopic (exact) mass is 254 g/mol. The summed E-state index contributed by atoms with van der Waals surface area (Å²) in [5.74, 6) is -0.927. The third kappa shape index (κ3) is 4.25. The largest absolute Gasteiger partial charge is 0.478 e. The summed E-state index contributed by atoms with van der Waals surface area (Å²) in [6, 6.07) is 6.62. The van der Waals surface area contributed by atoms with Crippen LogP contribution in [0.2, 0.25) is 0 Å². The average molecular weight is 254 g/mol. The zero-order valence-corrected chi connectivity index (χ0v) is 10.9. The van der Waals surface area contributed by atoms with E-state index >= 15 is 0 Å². The van der Waals surface area contributed by atoms with E-state index in [9.17, 15) is 4.79 Å². The number of benzene rings is 1. The highest BCUT2D eigenvalue weighted by atomic mass is 16.4. The van der Waals surface area contributed by atoms with Gasteiger partial charge in [-0.3, -0.25) is 0 Å². The molecule has 0 heterocycles. The van der Waals surface area contributed by atoms with Gasteiger partial charge in [0.25, 0.3) is 0 Å². The molecule has 1 aromatic carbocycles. The van der Waals surface area contributed by atoms with Crippen molar-refractivity contribution in [3.8, 4) is 0 Å². The summed E-state index contributed by atoms with van der Waals surface area (Å²) in [5, 5.41) is 8.42. The average Bonchev–Trinajstić information content (AvgIpc) is 2.42. The van der Waals surface area contributed by atoms with E-state index in [1.54, 1.807) is 6.08 Å². The molecule has 0 saturated carbocycles. The van der Waals surface area contributed by atoms with Crippen LogP contribution in [-0.2, 0) is 17.6 Å². The molecule has 0 aliphatic heterocycles. The van der Waals surface area contributed by atoms with Crippen LogP contribution in [0.5, 0.6) is 0 Å². The summed E-state index contributed by atoms with van der Waals surface area (Å²) in [6.07, 6.45) is 15.1. The summed E-state index contributed by atoms with van der Waals surface area (Å²) in [5.41, 5.74) is 4.17. The smallest absolute Gasteiger partial charge is 0.328 e. The molecule has 2 nitrogen and oxygen atoms in total. The van der Waals surface area contributed by atoms with Crippen LogP contribution in [0.4, 0.5) is 0 Å². The number of aryl methyl sites for hydroxylation is 2. The van der Waals surface area contributed by atoms with Crippen LogP contribution in [-0.4, -0.2) is 11.1 Å². The minimum Gasteiger partial charge on any atom is -0.478 e. The third-order valence-electron chi connectivity index (χ3n) is 3.23. The predicted molar refractivity (Wildman–Crippen MR) is 78.0 cm³/mol. The Morgan fingerprint density at radius 1 is 1.00 bits per heavy atom. The van der Waals surface area contributed by atoms with Crippen molar-refractivity contribution < 1.29 is 9.90 Å². The maximum absolute atomic E-state index is 10.3. The minimum atomic E-state index is -0.927. The van der Waals surface area contributed by atoms with E-state index in [4.69, 9.17) is 5.11 Å². The van der Waals surface area contributed by atoms with Crippen molar-refractivity contribution in [3.63, 3.8) is 0 Å². The van der Waals surface area contributed by atoms with Gasteiger partial charge in [0.05, 0.1) is 0 Å². The zero-order valence-electron chi connectivity index (χ0n) is 10.9. The predicted octanol–water partition coefficient (Wildman–Crippen LogP) is 3.78. The maximum atomic E-state index is 10.3. The van der Waals surface area contributed by atoms with Gasteiger partial charge in [-0.1, -0.05) is 48.6 Å². The first-order valence-corrected chi connectivity index (χ1v) is 6.62. The highest BCUT2D eigenvalue weighted by Gasteiger charge is 2.08. The van der Waals surface area contributed by atoms with Gasteiger partial charge in [-0.05, 0) is 42.4 Å². The lowest BCUT2D eigenvalue weighted by Crippen LogP contribution is -2.02. The minimum absolute atomic E-state index is 0.927. The number of rotatable bonds is 4. The molecule has 0 bridgehead atoms. The van der Waals surface area contributed by atoms with E-state index in [2.05, 4.69) is 18.2 Å². The quantitative estimate of drug-likeness (QED) is 0.656. The molecule has 2 rings (SSSR count). The van der Waals surface area contributed by atoms with Crippen molar-refractivity contribution in [1.82, 2.24) is 0 Å². The summed E-state index contributed by atoms with van der Waals surface area (Å²) in [7, 11) is 0. The van der Waals surface area contributed by atoms with Crippen LogP contribution in [0.25, 0.3) is 6.08 Å². The van der Waals surface area contributed by atoms with E-state index in [0.29, 0.717) is 0 Å². The number of carbonyl (C=O) groups is 1. The van der Waals surface area contributed by atoms with Crippen molar-refractivity contribution in [1.29, 1.82) is 0 Å². The Bertz CT molecular complexity index is 536. The standard InChI is InChI=1S/C17H18O2/c18-17(19)10-4-2-1-3-7-14-11-12-15-8-5-6-9-16(15)13-14/h1-4,7,10-13H,5-6,8-9H2,(H,18,19). The van der Waals surface area contributed by atoms with Gasteiger partial charge >= 0.3 is 5.97 Å². The van der Waals surface area contributed by atoms with Gasteiger partial charge in [0, 0.05) is 6.08 Å². The molecule has 0 saturated heterocycles. The molecule has 0 atom stereocenters. The number of aliphatic carboxylic acids is 1.